The lowest BCUT2D eigenvalue weighted by molar-refractivity contribution is 0.0931. The highest BCUT2D eigenvalue weighted by molar-refractivity contribution is 5.95. The molecular weight excluding hydrogens is 273 g/mol. The van der Waals surface area contributed by atoms with Gasteiger partial charge in [-0.2, -0.15) is 0 Å². The predicted molar refractivity (Wildman–Crippen MR) is 77.7 cm³/mol. The number of rotatable bonds is 5. The van der Waals surface area contributed by atoms with E-state index in [2.05, 4.69) is 15.6 Å². The summed E-state index contributed by atoms with van der Waals surface area (Å²) in [5, 5.41) is 5.48. The molecule has 1 amide bonds. The van der Waals surface area contributed by atoms with Gasteiger partial charge >= 0.3 is 0 Å². The van der Waals surface area contributed by atoms with Crippen LogP contribution < -0.4 is 10.6 Å². The molecule has 2 N–H and O–H groups in total. The van der Waals surface area contributed by atoms with E-state index in [1.165, 1.54) is 12.3 Å². The Kier molecular flexibility index (Phi) is 4.57. The van der Waals surface area contributed by atoms with Gasteiger partial charge in [-0.05, 0) is 39.0 Å². The molecule has 0 radical (unpaired) electrons. The lowest BCUT2D eigenvalue weighted by atomic mass is 10.2. The van der Waals surface area contributed by atoms with Crippen LogP contribution in [0.2, 0.25) is 0 Å². The zero-order chi connectivity index (χ0) is 15.4. The monoisotopic (exact) mass is 291 g/mol. The van der Waals surface area contributed by atoms with Gasteiger partial charge in [0, 0.05) is 12.7 Å². The lowest BCUT2D eigenvalue weighted by Gasteiger charge is -2.13. The molecule has 2 aromatic heterocycles. The van der Waals surface area contributed by atoms with Crippen LogP contribution in [0.1, 0.15) is 41.8 Å². The van der Waals surface area contributed by atoms with Gasteiger partial charge in [0.1, 0.15) is 11.5 Å². The molecule has 0 spiro atoms. The number of amides is 1. The molecule has 2 heterocycles. The number of aromatic nitrogens is 1. The number of furan rings is 1. The number of carbonyl (C=O) groups is 1. The predicted octanol–water partition coefficient (Wildman–Crippen LogP) is 3.04. The van der Waals surface area contributed by atoms with Gasteiger partial charge in [0.05, 0.1) is 11.6 Å². The second-order valence-corrected chi connectivity index (χ2v) is 4.69. The number of anilines is 1. The highest BCUT2D eigenvalue weighted by Gasteiger charge is 2.19. The maximum Gasteiger partial charge on any atom is 0.255 e. The summed E-state index contributed by atoms with van der Waals surface area (Å²) in [6.45, 7) is 5.95. The molecule has 6 heteroatoms. The minimum absolute atomic E-state index is 0.0453. The Hall–Kier alpha value is -2.37. The highest BCUT2D eigenvalue weighted by atomic mass is 19.1. The summed E-state index contributed by atoms with van der Waals surface area (Å²) in [6, 6.07) is 4.61. The average molecular weight is 291 g/mol. The quantitative estimate of drug-likeness (QED) is 0.888. The first-order valence-electron chi connectivity index (χ1n) is 6.78. The summed E-state index contributed by atoms with van der Waals surface area (Å²) in [7, 11) is 0. The van der Waals surface area contributed by atoms with Gasteiger partial charge in [-0.25, -0.2) is 9.37 Å². The van der Waals surface area contributed by atoms with Crippen LogP contribution in [0.25, 0.3) is 0 Å². The highest BCUT2D eigenvalue weighted by Crippen LogP contribution is 2.18. The second kappa shape index (κ2) is 6.39. The van der Waals surface area contributed by atoms with Crippen LogP contribution in [0.3, 0.4) is 0 Å². The van der Waals surface area contributed by atoms with E-state index >= 15 is 0 Å². The van der Waals surface area contributed by atoms with Crippen molar-refractivity contribution in [3.63, 3.8) is 0 Å². The first-order chi connectivity index (χ1) is 10.0. The van der Waals surface area contributed by atoms with E-state index < -0.39 is 11.7 Å². The molecule has 0 saturated carbocycles. The first kappa shape index (κ1) is 15.0. The Morgan fingerprint density at radius 2 is 2.19 bits per heavy atom. The molecule has 1 unspecified atom stereocenters. The van der Waals surface area contributed by atoms with Crippen molar-refractivity contribution >= 4 is 11.7 Å². The first-order valence-corrected chi connectivity index (χ1v) is 6.78. The van der Waals surface area contributed by atoms with Crippen molar-refractivity contribution in [1.82, 2.24) is 10.3 Å². The SMILES string of the molecule is CCNc1nccc(C(=O)NC(C)c2ccc(C)o2)c1F. The van der Waals surface area contributed by atoms with Crippen LogP contribution in [0, 0.1) is 12.7 Å². The van der Waals surface area contributed by atoms with Crippen molar-refractivity contribution in [2.45, 2.75) is 26.8 Å². The van der Waals surface area contributed by atoms with Crippen molar-refractivity contribution in [3.8, 4) is 0 Å². The Morgan fingerprint density at radius 1 is 1.43 bits per heavy atom. The smallest absolute Gasteiger partial charge is 0.255 e. The summed E-state index contributed by atoms with van der Waals surface area (Å²) < 4.78 is 19.6. The third kappa shape index (κ3) is 3.39. The van der Waals surface area contributed by atoms with E-state index in [-0.39, 0.29) is 17.4 Å². The molecule has 2 rings (SSSR count). The van der Waals surface area contributed by atoms with E-state index in [0.29, 0.717) is 12.3 Å². The maximum absolute atomic E-state index is 14.2. The Morgan fingerprint density at radius 3 is 2.81 bits per heavy atom. The van der Waals surface area contributed by atoms with Gasteiger partial charge in [0.15, 0.2) is 11.6 Å². The van der Waals surface area contributed by atoms with E-state index in [1.807, 2.05) is 19.9 Å². The van der Waals surface area contributed by atoms with Gasteiger partial charge < -0.3 is 15.1 Å². The van der Waals surface area contributed by atoms with Gasteiger partial charge in [0.2, 0.25) is 0 Å². The molecule has 0 fully saturated rings. The number of carbonyl (C=O) groups excluding carboxylic acids is 1. The Balaban J connectivity index is 2.15. The van der Waals surface area contributed by atoms with E-state index in [9.17, 15) is 9.18 Å². The molecule has 0 aliphatic carbocycles. The molecule has 0 aliphatic rings. The fraction of sp³-hybridized carbons (Fsp3) is 0.333. The van der Waals surface area contributed by atoms with E-state index in [1.54, 1.807) is 13.0 Å². The number of hydrogen-bond donors (Lipinski definition) is 2. The van der Waals surface area contributed by atoms with Crippen LogP contribution in [0.5, 0.6) is 0 Å². The van der Waals surface area contributed by atoms with Crippen LogP contribution in [0.15, 0.2) is 28.8 Å². The number of halogens is 1. The number of aryl methyl sites for hydroxylation is 1. The number of hydrogen-bond acceptors (Lipinski definition) is 4. The summed E-state index contributed by atoms with van der Waals surface area (Å²) in [5.74, 6) is 0.305. The topological polar surface area (TPSA) is 67.2 Å². The fourth-order valence-electron chi connectivity index (χ4n) is 1.94. The summed E-state index contributed by atoms with van der Waals surface area (Å²) >= 11 is 0. The summed E-state index contributed by atoms with van der Waals surface area (Å²) in [5.41, 5.74) is -0.0453. The zero-order valence-electron chi connectivity index (χ0n) is 12.2. The number of nitrogens with one attached hydrogen (secondary N) is 2. The lowest BCUT2D eigenvalue weighted by Crippen LogP contribution is -2.27. The molecular formula is C15H18FN3O2. The molecule has 112 valence electrons. The minimum Gasteiger partial charge on any atom is -0.464 e. The third-order valence-corrected chi connectivity index (χ3v) is 3.01. The van der Waals surface area contributed by atoms with Crippen molar-refractivity contribution < 1.29 is 13.6 Å². The molecule has 5 nitrogen and oxygen atoms in total. The van der Waals surface area contributed by atoms with Gasteiger partial charge in [-0.3, -0.25) is 4.79 Å². The average Bonchev–Trinajstić information content (AvgIpc) is 2.88. The van der Waals surface area contributed by atoms with Crippen LogP contribution in [-0.4, -0.2) is 17.4 Å². The molecule has 0 aliphatic heterocycles. The molecule has 1 atom stereocenters. The second-order valence-electron chi connectivity index (χ2n) is 4.69. The molecule has 0 saturated heterocycles. The van der Waals surface area contributed by atoms with Crippen molar-refractivity contribution in [2.24, 2.45) is 0 Å². The van der Waals surface area contributed by atoms with Gasteiger partial charge in [0.25, 0.3) is 5.91 Å². The molecule has 0 aromatic carbocycles. The Labute approximate surface area is 122 Å². The van der Waals surface area contributed by atoms with Crippen LogP contribution in [-0.2, 0) is 0 Å². The molecule has 0 bridgehead atoms. The number of nitrogens with zero attached hydrogens (tertiary/aromatic N) is 1. The van der Waals surface area contributed by atoms with Crippen molar-refractivity contribution in [2.75, 3.05) is 11.9 Å². The zero-order valence-corrected chi connectivity index (χ0v) is 12.2. The van der Waals surface area contributed by atoms with Crippen molar-refractivity contribution in [3.05, 3.63) is 47.3 Å². The largest absolute Gasteiger partial charge is 0.464 e. The minimum atomic E-state index is -0.653. The van der Waals surface area contributed by atoms with Gasteiger partial charge in [-0.15, -0.1) is 0 Å². The molecule has 2 aromatic rings. The summed E-state index contributed by atoms with van der Waals surface area (Å²) in [4.78, 5) is 16.0. The van der Waals surface area contributed by atoms with E-state index in [0.717, 1.165) is 5.76 Å². The molecule has 21 heavy (non-hydrogen) atoms. The third-order valence-electron chi connectivity index (χ3n) is 3.01. The summed E-state index contributed by atoms with van der Waals surface area (Å²) in [6.07, 6.45) is 1.40. The standard InChI is InChI=1S/C15H18FN3O2/c1-4-17-14-13(16)11(7-8-18-14)15(20)19-10(3)12-6-5-9(2)21-12/h5-8,10H,4H2,1-3H3,(H,17,18)(H,19,20). The van der Waals surface area contributed by atoms with E-state index in [4.69, 9.17) is 4.42 Å². The van der Waals surface area contributed by atoms with Crippen LogP contribution in [0.4, 0.5) is 10.2 Å². The maximum atomic E-state index is 14.2. The normalized spacial score (nSPS) is 12.0. The van der Waals surface area contributed by atoms with Gasteiger partial charge in [-0.1, -0.05) is 0 Å². The fourth-order valence-corrected chi connectivity index (χ4v) is 1.94. The number of pyridine rings is 1. The van der Waals surface area contributed by atoms with Crippen molar-refractivity contribution in [1.29, 1.82) is 0 Å². The van der Waals surface area contributed by atoms with Crippen LogP contribution >= 0.6 is 0 Å². The Bertz CT molecular complexity index is 640.